The van der Waals surface area contributed by atoms with Crippen molar-refractivity contribution in [1.29, 1.82) is 0 Å². The highest BCUT2D eigenvalue weighted by Gasteiger charge is 2.20. The monoisotopic (exact) mass is 274 g/mol. The SMILES string of the molecule is CCN(CC1CCCCN1)C(C)c1cc(C)cc(C)c1. The van der Waals surface area contributed by atoms with Gasteiger partial charge in [-0.1, -0.05) is 42.7 Å². The molecular weight excluding hydrogens is 244 g/mol. The smallest absolute Gasteiger partial charge is 0.0320 e. The van der Waals surface area contributed by atoms with Gasteiger partial charge in [-0.05, 0) is 52.3 Å². The molecule has 0 bridgehead atoms. The van der Waals surface area contributed by atoms with Crippen LogP contribution in [0.15, 0.2) is 18.2 Å². The van der Waals surface area contributed by atoms with Crippen LogP contribution in [0.3, 0.4) is 0 Å². The van der Waals surface area contributed by atoms with E-state index in [2.05, 4.69) is 56.1 Å². The number of hydrogen-bond acceptors (Lipinski definition) is 2. The van der Waals surface area contributed by atoms with Crippen LogP contribution in [0, 0.1) is 13.8 Å². The van der Waals surface area contributed by atoms with E-state index < -0.39 is 0 Å². The molecule has 1 aromatic carbocycles. The highest BCUT2D eigenvalue weighted by Crippen LogP contribution is 2.23. The molecule has 2 atom stereocenters. The molecule has 1 fully saturated rings. The molecule has 0 saturated carbocycles. The number of aryl methyl sites for hydroxylation is 2. The number of nitrogens with one attached hydrogen (secondary N) is 1. The molecule has 112 valence electrons. The molecule has 1 N–H and O–H groups in total. The predicted molar refractivity (Wildman–Crippen MR) is 87.2 cm³/mol. The van der Waals surface area contributed by atoms with Crippen LogP contribution < -0.4 is 5.32 Å². The van der Waals surface area contributed by atoms with Gasteiger partial charge in [-0.15, -0.1) is 0 Å². The largest absolute Gasteiger partial charge is 0.313 e. The van der Waals surface area contributed by atoms with Gasteiger partial charge in [0.1, 0.15) is 0 Å². The van der Waals surface area contributed by atoms with Gasteiger partial charge in [0, 0.05) is 18.6 Å². The maximum absolute atomic E-state index is 3.67. The molecule has 0 spiro atoms. The number of piperidine rings is 1. The summed E-state index contributed by atoms with van der Waals surface area (Å²) in [5.41, 5.74) is 4.21. The second kappa shape index (κ2) is 7.24. The van der Waals surface area contributed by atoms with E-state index in [0.29, 0.717) is 12.1 Å². The molecule has 20 heavy (non-hydrogen) atoms. The van der Waals surface area contributed by atoms with Crippen molar-refractivity contribution in [3.63, 3.8) is 0 Å². The third-order valence-electron chi connectivity index (χ3n) is 4.55. The summed E-state index contributed by atoms with van der Waals surface area (Å²) >= 11 is 0. The average Bonchev–Trinajstić information content (AvgIpc) is 2.44. The number of rotatable bonds is 5. The number of likely N-dealkylation sites (N-methyl/N-ethyl adjacent to an activating group) is 1. The Morgan fingerprint density at radius 3 is 2.45 bits per heavy atom. The van der Waals surface area contributed by atoms with Gasteiger partial charge < -0.3 is 5.32 Å². The van der Waals surface area contributed by atoms with Gasteiger partial charge in [-0.25, -0.2) is 0 Å². The first kappa shape index (κ1) is 15.5. The van der Waals surface area contributed by atoms with Crippen LogP contribution >= 0.6 is 0 Å². The van der Waals surface area contributed by atoms with Crippen LogP contribution in [0.5, 0.6) is 0 Å². The minimum atomic E-state index is 0.502. The molecule has 1 saturated heterocycles. The fourth-order valence-corrected chi connectivity index (χ4v) is 3.39. The first-order valence-corrected chi connectivity index (χ1v) is 8.15. The van der Waals surface area contributed by atoms with Gasteiger partial charge in [0.2, 0.25) is 0 Å². The summed E-state index contributed by atoms with van der Waals surface area (Å²) in [6.45, 7) is 12.5. The molecule has 1 aliphatic rings. The number of nitrogens with zero attached hydrogens (tertiary/aromatic N) is 1. The van der Waals surface area contributed by atoms with Crippen molar-refractivity contribution < 1.29 is 0 Å². The fourth-order valence-electron chi connectivity index (χ4n) is 3.39. The Hall–Kier alpha value is -0.860. The minimum absolute atomic E-state index is 0.502. The first-order chi connectivity index (χ1) is 9.60. The number of benzene rings is 1. The first-order valence-electron chi connectivity index (χ1n) is 8.15. The van der Waals surface area contributed by atoms with Crippen LogP contribution in [-0.4, -0.2) is 30.6 Å². The number of hydrogen-bond donors (Lipinski definition) is 1. The molecule has 0 aromatic heterocycles. The maximum Gasteiger partial charge on any atom is 0.0320 e. The summed E-state index contributed by atoms with van der Waals surface area (Å²) in [5, 5.41) is 3.67. The Labute approximate surface area is 124 Å². The fraction of sp³-hybridized carbons (Fsp3) is 0.667. The molecule has 1 aliphatic heterocycles. The Morgan fingerprint density at radius 2 is 1.90 bits per heavy atom. The van der Waals surface area contributed by atoms with Crippen LogP contribution in [0.4, 0.5) is 0 Å². The highest BCUT2D eigenvalue weighted by atomic mass is 15.2. The van der Waals surface area contributed by atoms with Crippen LogP contribution in [-0.2, 0) is 0 Å². The van der Waals surface area contributed by atoms with Gasteiger partial charge in [0.25, 0.3) is 0 Å². The summed E-state index contributed by atoms with van der Waals surface area (Å²) in [6.07, 6.45) is 4.05. The standard InChI is InChI=1S/C18H30N2/c1-5-20(13-18-8-6-7-9-19-18)16(4)17-11-14(2)10-15(3)12-17/h10-12,16,18-19H,5-9,13H2,1-4H3. The van der Waals surface area contributed by atoms with Gasteiger partial charge >= 0.3 is 0 Å². The van der Waals surface area contributed by atoms with E-state index in [-0.39, 0.29) is 0 Å². The van der Waals surface area contributed by atoms with Crippen molar-refractivity contribution >= 4 is 0 Å². The third-order valence-corrected chi connectivity index (χ3v) is 4.55. The Bertz CT molecular complexity index is 401. The lowest BCUT2D eigenvalue weighted by Gasteiger charge is -2.34. The van der Waals surface area contributed by atoms with Crippen LogP contribution in [0.1, 0.15) is 55.8 Å². The zero-order chi connectivity index (χ0) is 14.5. The molecule has 2 unspecified atom stereocenters. The summed E-state index contributed by atoms with van der Waals surface area (Å²) in [5.74, 6) is 0. The summed E-state index contributed by atoms with van der Waals surface area (Å²) in [7, 11) is 0. The van der Waals surface area contributed by atoms with Crippen molar-refractivity contribution in [2.75, 3.05) is 19.6 Å². The molecular formula is C18H30N2. The maximum atomic E-state index is 3.67. The Kier molecular flexibility index (Phi) is 5.62. The molecule has 1 heterocycles. The lowest BCUT2D eigenvalue weighted by atomic mass is 9.99. The van der Waals surface area contributed by atoms with E-state index >= 15 is 0 Å². The van der Waals surface area contributed by atoms with E-state index in [1.807, 2.05) is 0 Å². The van der Waals surface area contributed by atoms with E-state index in [4.69, 9.17) is 0 Å². The van der Waals surface area contributed by atoms with Crippen molar-refractivity contribution in [1.82, 2.24) is 10.2 Å². The van der Waals surface area contributed by atoms with E-state index in [1.165, 1.54) is 49.0 Å². The zero-order valence-corrected chi connectivity index (χ0v) is 13.6. The van der Waals surface area contributed by atoms with E-state index in [1.54, 1.807) is 0 Å². The second-order valence-electron chi connectivity index (χ2n) is 6.33. The molecule has 2 rings (SSSR count). The summed E-state index contributed by atoms with van der Waals surface area (Å²) in [6, 6.07) is 8.12. The minimum Gasteiger partial charge on any atom is -0.313 e. The molecule has 0 aliphatic carbocycles. The Morgan fingerprint density at radius 1 is 1.20 bits per heavy atom. The predicted octanol–water partition coefficient (Wildman–Crippen LogP) is 3.83. The molecule has 0 radical (unpaired) electrons. The average molecular weight is 274 g/mol. The molecule has 1 aromatic rings. The lowest BCUT2D eigenvalue weighted by Crippen LogP contribution is -2.44. The lowest BCUT2D eigenvalue weighted by molar-refractivity contribution is 0.184. The quantitative estimate of drug-likeness (QED) is 0.878. The topological polar surface area (TPSA) is 15.3 Å². The van der Waals surface area contributed by atoms with Crippen molar-refractivity contribution in [3.8, 4) is 0 Å². The zero-order valence-electron chi connectivity index (χ0n) is 13.6. The van der Waals surface area contributed by atoms with Crippen LogP contribution in [0.2, 0.25) is 0 Å². The summed E-state index contributed by atoms with van der Waals surface area (Å²) in [4.78, 5) is 2.61. The summed E-state index contributed by atoms with van der Waals surface area (Å²) < 4.78 is 0. The molecule has 2 nitrogen and oxygen atoms in total. The van der Waals surface area contributed by atoms with Gasteiger partial charge in [-0.3, -0.25) is 4.90 Å². The van der Waals surface area contributed by atoms with E-state index in [0.717, 1.165) is 6.54 Å². The highest BCUT2D eigenvalue weighted by molar-refractivity contribution is 5.30. The Balaban J connectivity index is 2.05. The van der Waals surface area contributed by atoms with E-state index in [9.17, 15) is 0 Å². The van der Waals surface area contributed by atoms with Crippen molar-refractivity contribution in [2.24, 2.45) is 0 Å². The molecule has 0 amide bonds. The third kappa shape index (κ3) is 4.07. The second-order valence-corrected chi connectivity index (χ2v) is 6.33. The van der Waals surface area contributed by atoms with Crippen molar-refractivity contribution in [2.45, 2.75) is 59.0 Å². The van der Waals surface area contributed by atoms with Crippen LogP contribution in [0.25, 0.3) is 0 Å². The van der Waals surface area contributed by atoms with Crippen molar-refractivity contribution in [3.05, 3.63) is 34.9 Å². The molecule has 2 heteroatoms. The normalized spacial score (nSPS) is 21.1. The van der Waals surface area contributed by atoms with Gasteiger partial charge in [0.05, 0.1) is 0 Å². The van der Waals surface area contributed by atoms with Gasteiger partial charge in [0.15, 0.2) is 0 Å². The van der Waals surface area contributed by atoms with Gasteiger partial charge in [-0.2, -0.15) is 0 Å².